The lowest BCUT2D eigenvalue weighted by atomic mass is 9.98. The number of hydrogen-bond acceptors (Lipinski definition) is 3. The zero-order valence-corrected chi connectivity index (χ0v) is 12.6. The second-order valence-corrected chi connectivity index (χ2v) is 5.54. The van der Waals surface area contributed by atoms with E-state index < -0.39 is 11.4 Å². The van der Waals surface area contributed by atoms with Crippen molar-refractivity contribution in [2.45, 2.75) is 32.7 Å². The highest BCUT2D eigenvalue weighted by molar-refractivity contribution is 5.97. The molecule has 1 rings (SSSR count). The summed E-state index contributed by atoms with van der Waals surface area (Å²) < 4.78 is 0. The minimum atomic E-state index is -0.717. The van der Waals surface area contributed by atoms with Crippen LogP contribution in [0, 0.1) is 18.8 Å². The minimum Gasteiger partial charge on any atom is -0.370 e. The van der Waals surface area contributed by atoms with Gasteiger partial charge in [0.1, 0.15) is 0 Å². The van der Waals surface area contributed by atoms with Gasteiger partial charge in [-0.3, -0.25) is 9.59 Å². The van der Waals surface area contributed by atoms with E-state index in [1.165, 1.54) is 0 Å². The SMILES string of the molecule is Cc1ccc(C#CCN)c(C(=O)NC(C)(C)CC(N)=O)c1. The summed E-state index contributed by atoms with van der Waals surface area (Å²) in [6, 6.07) is 5.43. The number of carbonyl (C=O) groups is 2. The predicted octanol–water partition coefficient (Wildman–Crippen LogP) is 0.689. The monoisotopic (exact) mass is 287 g/mol. The average Bonchev–Trinajstić information content (AvgIpc) is 2.34. The van der Waals surface area contributed by atoms with Gasteiger partial charge >= 0.3 is 0 Å². The first-order valence-corrected chi connectivity index (χ1v) is 6.65. The largest absolute Gasteiger partial charge is 0.370 e. The van der Waals surface area contributed by atoms with Crippen LogP contribution in [0.4, 0.5) is 0 Å². The third-order valence-corrected chi connectivity index (χ3v) is 2.81. The van der Waals surface area contributed by atoms with Crippen molar-refractivity contribution >= 4 is 11.8 Å². The van der Waals surface area contributed by atoms with E-state index in [9.17, 15) is 9.59 Å². The number of rotatable bonds is 4. The van der Waals surface area contributed by atoms with E-state index in [0.717, 1.165) is 5.56 Å². The van der Waals surface area contributed by atoms with E-state index >= 15 is 0 Å². The van der Waals surface area contributed by atoms with Crippen LogP contribution >= 0.6 is 0 Å². The summed E-state index contributed by atoms with van der Waals surface area (Å²) in [5.41, 5.74) is 11.9. The Labute approximate surface area is 125 Å². The normalized spacial score (nSPS) is 10.5. The summed E-state index contributed by atoms with van der Waals surface area (Å²) in [5.74, 6) is 4.87. The van der Waals surface area contributed by atoms with Crippen LogP contribution in [0.3, 0.4) is 0 Å². The first-order chi connectivity index (χ1) is 9.75. The highest BCUT2D eigenvalue weighted by Crippen LogP contribution is 2.14. The maximum atomic E-state index is 12.4. The van der Waals surface area contributed by atoms with Crippen LogP contribution in [-0.4, -0.2) is 23.9 Å². The highest BCUT2D eigenvalue weighted by atomic mass is 16.2. The Morgan fingerprint density at radius 3 is 2.57 bits per heavy atom. The van der Waals surface area contributed by atoms with Gasteiger partial charge in [-0.1, -0.05) is 23.5 Å². The van der Waals surface area contributed by atoms with E-state index in [1.54, 1.807) is 26.0 Å². The molecule has 0 heterocycles. The molecule has 0 fully saturated rings. The highest BCUT2D eigenvalue weighted by Gasteiger charge is 2.24. The summed E-state index contributed by atoms with van der Waals surface area (Å²) in [5, 5.41) is 2.81. The molecule has 0 saturated carbocycles. The Hall–Kier alpha value is -2.32. The van der Waals surface area contributed by atoms with E-state index in [2.05, 4.69) is 17.2 Å². The molecule has 5 heteroatoms. The van der Waals surface area contributed by atoms with Crippen molar-refractivity contribution in [3.05, 3.63) is 34.9 Å². The molecule has 0 spiro atoms. The topological polar surface area (TPSA) is 98.2 Å². The quantitative estimate of drug-likeness (QED) is 0.710. The fourth-order valence-corrected chi connectivity index (χ4v) is 1.96. The van der Waals surface area contributed by atoms with E-state index in [-0.39, 0.29) is 18.9 Å². The Morgan fingerprint density at radius 1 is 1.33 bits per heavy atom. The lowest BCUT2D eigenvalue weighted by Gasteiger charge is -2.25. The maximum absolute atomic E-state index is 12.4. The Kier molecular flexibility index (Phi) is 5.51. The summed E-state index contributed by atoms with van der Waals surface area (Å²) in [4.78, 5) is 23.4. The van der Waals surface area contributed by atoms with Gasteiger partial charge < -0.3 is 16.8 Å². The van der Waals surface area contributed by atoms with Crippen LogP contribution in [0.25, 0.3) is 0 Å². The summed E-state index contributed by atoms with van der Waals surface area (Å²) >= 11 is 0. The van der Waals surface area contributed by atoms with Crippen molar-refractivity contribution < 1.29 is 9.59 Å². The molecular weight excluding hydrogens is 266 g/mol. The maximum Gasteiger partial charge on any atom is 0.252 e. The molecule has 0 aromatic heterocycles. The van der Waals surface area contributed by atoms with E-state index in [4.69, 9.17) is 11.5 Å². The molecule has 112 valence electrons. The number of hydrogen-bond donors (Lipinski definition) is 3. The molecule has 0 aliphatic heterocycles. The van der Waals surface area contributed by atoms with Gasteiger partial charge in [0.05, 0.1) is 12.1 Å². The standard InChI is InChI=1S/C16H21N3O2/c1-11-6-7-12(5-4-8-17)13(9-11)15(21)19-16(2,3)10-14(18)20/h6-7,9H,8,10,17H2,1-3H3,(H2,18,20)(H,19,21). The molecule has 5 N–H and O–H groups in total. The molecule has 5 nitrogen and oxygen atoms in total. The third-order valence-electron chi connectivity index (χ3n) is 2.81. The first kappa shape index (κ1) is 16.7. The Bertz CT molecular complexity index is 610. The minimum absolute atomic E-state index is 0.0639. The lowest BCUT2D eigenvalue weighted by molar-refractivity contribution is -0.119. The van der Waals surface area contributed by atoms with Gasteiger partial charge in [0.2, 0.25) is 5.91 Å². The van der Waals surface area contributed by atoms with Gasteiger partial charge in [-0.2, -0.15) is 0 Å². The zero-order valence-electron chi connectivity index (χ0n) is 12.6. The predicted molar refractivity (Wildman–Crippen MR) is 82.5 cm³/mol. The fourth-order valence-electron chi connectivity index (χ4n) is 1.96. The van der Waals surface area contributed by atoms with Gasteiger partial charge in [-0.25, -0.2) is 0 Å². The number of carbonyl (C=O) groups excluding carboxylic acids is 2. The van der Waals surface area contributed by atoms with Gasteiger partial charge in [-0.05, 0) is 32.9 Å². The number of benzene rings is 1. The van der Waals surface area contributed by atoms with Gasteiger partial charge in [0.25, 0.3) is 5.91 Å². The molecule has 0 atom stereocenters. The molecule has 0 aliphatic carbocycles. The number of nitrogens with one attached hydrogen (secondary N) is 1. The van der Waals surface area contributed by atoms with Crippen LogP contribution in [-0.2, 0) is 4.79 Å². The average molecular weight is 287 g/mol. The van der Waals surface area contributed by atoms with Crippen LogP contribution in [0.15, 0.2) is 18.2 Å². The van der Waals surface area contributed by atoms with Gasteiger partial charge in [0, 0.05) is 17.5 Å². The number of amides is 2. The van der Waals surface area contributed by atoms with Crippen molar-refractivity contribution in [3.63, 3.8) is 0 Å². The van der Waals surface area contributed by atoms with Crippen molar-refractivity contribution in [2.75, 3.05) is 6.54 Å². The molecule has 0 aliphatic rings. The van der Waals surface area contributed by atoms with Crippen LogP contribution < -0.4 is 16.8 Å². The first-order valence-electron chi connectivity index (χ1n) is 6.65. The van der Waals surface area contributed by atoms with Crippen molar-refractivity contribution in [3.8, 4) is 11.8 Å². The molecule has 0 saturated heterocycles. The van der Waals surface area contributed by atoms with Crippen LogP contribution in [0.5, 0.6) is 0 Å². The Balaban J connectivity index is 3.06. The molecule has 2 amide bonds. The van der Waals surface area contributed by atoms with Crippen molar-refractivity contribution in [2.24, 2.45) is 11.5 Å². The smallest absolute Gasteiger partial charge is 0.252 e. The van der Waals surface area contributed by atoms with Gasteiger partial charge in [0.15, 0.2) is 0 Å². The second kappa shape index (κ2) is 6.91. The van der Waals surface area contributed by atoms with Crippen molar-refractivity contribution in [1.29, 1.82) is 0 Å². The molecule has 0 bridgehead atoms. The molecule has 1 aromatic rings. The fraction of sp³-hybridized carbons (Fsp3) is 0.375. The van der Waals surface area contributed by atoms with Crippen LogP contribution in [0.1, 0.15) is 41.8 Å². The molecular formula is C16H21N3O2. The second-order valence-electron chi connectivity index (χ2n) is 5.54. The lowest BCUT2D eigenvalue weighted by Crippen LogP contribution is -2.46. The molecule has 21 heavy (non-hydrogen) atoms. The van der Waals surface area contributed by atoms with E-state index in [1.807, 2.05) is 13.0 Å². The van der Waals surface area contributed by atoms with Crippen molar-refractivity contribution in [1.82, 2.24) is 5.32 Å². The number of aryl methyl sites for hydroxylation is 1. The zero-order chi connectivity index (χ0) is 16.0. The van der Waals surface area contributed by atoms with Crippen LogP contribution in [0.2, 0.25) is 0 Å². The summed E-state index contributed by atoms with van der Waals surface area (Å²) in [6.07, 6.45) is 0.0639. The Morgan fingerprint density at radius 2 is 2.00 bits per heavy atom. The summed E-state index contributed by atoms with van der Waals surface area (Å²) in [6.45, 7) is 5.61. The summed E-state index contributed by atoms with van der Waals surface area (Å²) in [7, 11) is 0. The van der Waals surface area contributed by atoms with E-state index in [0.29, 0.717) is 11.1 Å². The third kappa shape index (κ3) is 5.28. The molecule has 0 radical (unpaired) electrons. The number of nitrogens with two attached hydrogens (primary N) is 2. The number of primary amides is 1. The molecule has 0 unspecified atom stereocenters. The van der Waals surface area contributed by atoms with Gasteiger partial charge in [-0.15, -0.1) is 0 Å². The molecule has 1 aromatic carbocycles.